The zero-order chi connectivity index (χ0) is 14.7. The van der Waals surface area contributed by atoms with Gasteiger partial charge < -0.3 is 15.7 Å². The molecule has 0 unspecified atom stereocenters. The van der Waals surface area contributed by atoms with E-state index in [2.05, 4.69) is 10.1 Å². The molecule has 1 aromatic carbocycles. The Hall–Kier alpha value is -2.56. The minimum Gasteiger partial charge on any atom is -0.456 e. The number of aryl methyl sites for hydroxylation is 3. The van der Waals surface area contributed by atoms with Crippen molar-refractivity contribution < 1.29 is 9.94 Å². The molecule has 0 amide bonds. The Balaban J connectivity index is 2.53. The number of nitrogens with two attached hydrogens (primary N) is 1. The number of pyridine rings is 1. The van der Waals surface area contributed by atoms with Crippen LogP contribution >= 0.6 is 0 Å². The summed E-state index contributed by atoms with van der Waals surface area (Å²) in [7, 11) is 0. The molecule has 0 saturated heterocycles. The number of hydrogen-bond donors (Lipinski definition) is 2. The SMILES string of the molecule is Cc1cc(Oc2ccccc2C)c(/C(N)=N/O)c(C)n1. The number of benzene rings is 1. The molecule has 0 fully saturated rings. The van der Waals surface area contributed by atoms with E-state index < -0.39 is 0 Å². The Bertz CT molecular complexity index is 666. The van der Waals surface area contributed by atoms with Crippen LogP contribution in [0.4, 0.5) is 0 Å². The molecule has 20 heavy (non-hydrogen) atoms. The Labute approximate surface area is 117 Å². The van der Waals surface area contributed by atoms with Crippen molar-refractivity contribution >= 4 is 5.84 Å². The first-order valence-corrected chi connectivity index (χ1v) is 6.22. The highest BCUT2D eigenvalue weighted by molar-refractivity contribution is 6.00. The molecule has 0 radical (unpaired) electrons. The molecule has 0 aliphatic heterocycles. The van der Waals surface area contributed by atoms with Gasteiger partial charge in [0, 0.05) is 11.8 Å². The number of hydrogen-bond acceptors (Lipinski definition) is 4. The fourth-order valence-corrected chi connectivity index (χ4v) is 2.02. The lowest BCUT2D eigenvalue weighted by molar-refractivity contribution is 0.318. The van der Waals surface area contributed by atoms with Gasteiger partial charge in [0.2, 0.25) is 0 Å². The van der Waals surface area contributed by atoms with Crippen LogP contribution in [0.3, 0.4) is 0 Å². The molecule has 0 aliphatic rings. The lowest BCUT2D eigenvalue weighted by Gasteiger charge is -2.14. The van der Waals surface area contributed by atoms with E-state index in [1.54, 1.807) is 13.0 Å². The Morgan fingerprint density at radius 2 is 1.90 bits per heavy atom. The lowest BCUT2D eigenvalue weighted by Crippen LogP contribution is -2.17. The average molecular weight is 271 g/mol. The van der Waals surface area contributed by atoms with Crippen molar-refractivity contribution in [1.29, 1.82) is 0 Å². The molecule has 1 heterocycles. The van der Waals surface area contributed by atoms with Crippen molar-refractivity contribution in [3.05, 3.63) is 52.8 Å². The van der Waals surface area contributed by atoms with Gasteiger partial charge >= 0.3 is 0 Å². The molecule has 2 aromatic rings. The number of nitrogens with zero attached hydrogens (tertiary/aromatic N) is 2. The number of oxime groups is 1. The van der Waals surface area contributed by atoms with Crippen LogP contribution in [-0.2, 0) is 0 Å². The molecule has 3 N–H and O–H groups in total. The smallest absolute Gasteiger partial charge is 0.175 e. The Kier molecular flexibility index (Phi) is 3.89. The minimum absolute atomic E-state index is 0.0152. The molecule has 104 valence electrons. The monoisotopic (exact) mass is 271 g/mol. The summed E-state index contributed by atoms with van der Waals surface area (Å²) < 4.78 is 5.91. The molecule has 1 aromatic heterocycles. The van der Waals surface area contributed by atoms with Crippen molar-refractivity contribution in [2.75, 3.05) is 0 Å². The minimum atomic E-state index is -0.0152. The van der Waals surface area contributed by atoms with E-state index in [1.165, 1.54) is 0 Å². The zero-order valence-electron chi connectivity index (χ0n) is 11.7. The van der Waals surface area contributed by atoms with Crippen LogP contribution in [-0.4, -0.2) is 16.0 Å². The standard InChI is InChI=1S/C15H17N3O2/c1-9-6-4-5-7-12(9)20-13-8-10(2)17-11(3)14(13)15(16)18-19/h4-8,19H,1-3H3,(H2,16,18). The van der Waals surface area contributed by atoms with Crippen LogP contribution in [0, 0.1) is 20.8 Å². The summed E-state index contributed by atoms with van der Waals surface area (Å²) in [4.78, 5) is 4.32. The second-order valence-electron chi connectivity index (χ2n) is 4.57. The molecule has 5 heteroatoms. The van der Waals surface area contributed by atoms with Gasteiger partial charge in [-0.3, -0.25) is 4.98 Å². The van der Waals surface area contributed by atoms with Crippen LogP contribution in [0.25, 0.3) is 0 Å². The highest BCUT2D eigenvalue weighted by Gasteiger charge is 2.15. The number of aromatic nitrogens is 1. The fourth-order valence-electron chi connectivity index (χ4n) is 2.02. The van der Waals surface area contributed by atoms with Crippen molar-refractivity contribution in [3.63, 3.8) is 0 Å². The molecule has 0 aliphatic carbocycles. The topological polar surface area (TPSA) is 80.7 Å². The second-order valence-corrected chi connectivity index (χ2v) is 4.57. The third-order valence-corrected chi connectivity index (χ3v) is 2.97. The third kappa shape index (κ3) is 2.71. The lowest BCUT2D eigenvalue weighted by atomic mass is 10.1. The Morgan fingerprint density at radius 3 is 2.55 bits per heavy atom. The highest BCUT2D eigenvalue weighted by atomic mass is 16.5. The van der Waals surface area contributed by atoms with Gasteiger partial charge in [-0.05, 0) is 32.4 Å². The van der Waals surface area contributed by atoms with E-state index in [0.29, 0.717) is 17.0 Å². The Morgan fingerprint density at radius 1 is 1.20 bits per heavy atom. The maximum atomic E-state index is 8.91. The van der Waals surface area contributed by atoms with E-state index in [1.807, 2.05) is 38.1 Å². The maximum absolute atomic E-state index is 8.91. The van der Waals surface area contributed by atoms with Crippen molar-refractivity contribution in [3.8, 4) is 11.5 Å². The van der Waals surface area contributed by atoms with Gasteiger partial charge in [0.15, 0.2) is 5.84 Å². The van der Waals surface area contributed by atoms with Gasteiger partial charge in [0.1, 0.15) is 11.5 Å². The van der Waals surface area contributed by atoms with Gasteiger partial charge in [-0.1, -0.05) is 23.4 Å². The predicted molar refractivity (Wildman–Crippen MR) is 77.5 cm³/mol. The zero-order valence-corrected chi connectivity index (χ0v) is 11.7. The summed E-state index contributed by atoms with van der Waals surface area (Å²) in [5.41, 5.74) is 8.69. The first kappa shape index (κ1) is 13.9. The summed E-state index contributed by atoms with van der Waals surface area (Å²) in [6.45, 7) is 5.62. The number of ether oxygens (including phenoxy) is 1. The van der Waals surface area contributed by atoms with Gasteiger partial charge in [0.25, 0.3) is 0 Å². The van der Waals surface area contributed by atoms with E-state index in [-0.39, 0.29) is 5.84 Å². The van der Waals surface area contributed by atoms with Crippen LogP contribution in [0.5, 0.6) is 11.5 Å². The molecule has 0 bridgehead atoms. The molecular weight excluding hydrogens is 254 g/mol. The van der Waals surface area contributed by atoms with Gasteiger partial charge in [-0.15, -0.1) is 0 Å². The molecule has 0 saturated carbocycles. The number of rotatable bonds is 3. The molecular formula is C15H17N3O2. The summed E-state index contributed by atoms with van der Waals surface area (Å²) in [6, 6.07) is 9.44. The molecule has 0 atom stereocenters. The quantitative estimate of drug-likeness (QED) is 0.389. The normalized spacial score (nSPS) is 11.4. The predicted octanol–water partition coefficient (Wildman–Crippen LogP) is 2.89. The largest absolute Gasteiger partial charge is 0.456 e. The highest BCUT2D eigenvalue weighted by Crippen LogP contribution is 2.29. The molecule has 5 nitrogen and oxygen atoms in total. The van der Waals surface area contributed by atoms with Gasteiger partial charge in [-0.2, -0.15) is 0 Å². The third-order valence-electron chi connectivity index (χ3n) is 2.97. The first-order chi connectivity index (χ1) is 9.52. The summed E-state index contributed by atoms with van der Waals surface area (Å²) in [5.74, 6) is 1.24. The average Bonchev–Trinajstić information content (AvgIpc) is 2.40. The maximum Gasteiger partial charge on any atom is 0.175 e. The van der Waals surface area contributed by atoms with Crippen LogP contribution in [0.1, 0.15) is 22.5 Å². The van der Waals surface area contributed by atoms with Crippen molar-refractivity contribution in [1.82, 2.24) is 4.98 Å². The van der Waals surface area contributed by atoms with Crippen LogP contribution in [0.2, 0.25) is 0 Å². The van der Waals surface area contributed by atoms with Crippen molar-refractivity contribution in [2.45, 2.75) is 20.8 Å². The summed E-state index contributed by atoms with van der Waals surface area (Å²) >= 11 is 0. The summed E-state index contributed by atoms with van der Waals surface area (Å²) in [6.07, 6.45) is 0. The molecule has 2 rings (SSSR count). The van der Waals surface area contributed by atoms with E-state index in [4.69, 9.17) is 15.7 Å². The fraction of sp³-hybridized carbons (Fsp3) is 0.200. The van der Waals surface area contributed by atoms with Crippen LogP contribution < -0.4 is 10.5 Å². The van der Waals surface area contributed by atoms with Gasteiger partial charge in [-0.25, -0.2) is 0 Å². The summed E-state index contributed by atoms with van der Waals surface area (Å²) in [5, 5.41) is 12.0. The molecule has 0 spiro atoms. The first-order valence-electron chi connectivity index (χ1n) is 6.22. The second kappa shape index (κ2) is 5.61. The number of amidine groups is 1. The van der Waals surface area contributed by atoms with Crippen LogP contribution in [0.15, 0.2) is 35.5 Å². The number of para-hydroxylation sites is 1. The van der Waals surface area contributed by atoms with Crippen molar-refractivity contribution in [2.24, 2.45) is 10.9 Å². The van der Waals surface area contributed by atoms with E-state index in [0.717, 1.165) is 17.0 Å². The van der Waals surface area contributed by atoms with Gasteiger partial charge in [0.05, 0.1) is 11.3 Å². The van der Waals surface area contributed by atoms with E-state index >= 15 is 0 Å². The van der Waals surface area contributed by atoms with E-state index in [9.17, 15) is 0 Å².